The summed E-state index contributed by atoms with van der Waals surface area (Å²) in [7, 11) is -1.51. The van der Waals surface area contributed by atoms with Crippen LogP contribution in [0.2, 0.25) is 0 Å². The van der Waals surface area contributed by atoms with Gasteiger partial charge in [0, 0.05) is 18.8 Å². The Morgan fingerprint density at radius 3 is 2.43 bits per heavy atom. The van der Waals surface area contributed by atoms with E-state index in [2.05, 4.69) is 10.3 Å². The number of anilines is 1. The van der Waals surface area contributed by atoms with Crippen molar-refractivity contribution >= 4 is 32.5 Å². The van der Waals surface area contributed by atoms with Gasteiger partial charge in [0.25, 0.3) is 0 Å². The number of ether oxygens (including phenoxy) is 1. The van der Waals surface area contributed by atoms with Gasteiger partial charge in [-0.15, -0.1) is 0 Å². The van der Waals surface area contributed by atoms with Crippen LogP contribution in [0.25, 0.3) is 11.0 Å². The molecule has 0 aliphatic carbocycles. The predicted octanol–water partition coefficient (Wildman–Crippen LogP) is 5.14. The van der Waals surface area contributed by atoms with E-state index in [-0.39, 0.29) is 28.7 Å². The summed E-state index contributed by atoms with van der Waals surface area (Å²) in [6, 6.07) is 14.5. The number of nitrogens with one attached hydrogen (secondary N) is 1. The quantitative estimate of drug-likeness (QED) is 0.343. The zero-order valence-electron chi connectivity index (χ0n) is 20.9. The van der Waals surface area contributed by atoms with Crippen LogP contribution < -0.4 is 10.1 Å². The Morgan fingerprint density at radius 1 is 1.05 bits per heavy atom. The maximum absolute atomic E-state index is 14.2. The first-order valence-corrected chi connectivity index (χ1v) is 13.3. The molecular weight excluding hydrogens is 500 g/mol. The van der Waals surface area contributed by atoms with Crippen molar-refractivity contribution in [2.45, 2.75) is 37.7 Å². The highest BCUT2D eigenvalue weighted by atomic mass is 32.2. The maximum atomic E-state index is 14.2. The monoisotopic (exact) mass is 527 g/mol. The fourth-order valence-electron chi connectivity index (χ4n) is 4.06. The molecule has 1 aromatic heterocycles. The molecule has 1 N–H and O–H groups in total. The molecule has 7 nitrogen and oxygen atoms in total. The van der Waals surface area contributed by atoms with Crippen LogP contribution in [-0.2, 0) is 33.7 Å². The number of amides is 1. The fourth-order valence-corrected chi connectivity index (χ4v) is 4.95. The van der Waals surface area contributed by atoms with Gasteiger partial charge in [-0.25, -0.2) is 22.2 Å². The SMILES string of the molecule is CCS(=O)(=O)c1ccc(CC(=O)Nc2ccc3c(c2)nc(C(C)(C)Oc2cc(F)ccc2F)n3C)cc1. The van der Waals surface area contributed by atoms with Crippen LogP contribution in [0.3, 0.4) is 0 Å². The number of imidazole rings is 1. The fraction of sp³-hybridized carbons (Fsp3) is 0.259. The van der Waals surface area contributed by atoms with Gasteiger partial charge in [0.15, 0.2) is 32.8 Å². The van der Waals surface area contributed by atoms with Crippen LogP contribution in [-0.4, -0.2) is 29.6 Å². The van der Waals surface area contributed by atoms with Crippen LogP contribution in [0.15, 0.2) is 65.6 Å². The van der Waals surface area contributed by atoms with Crippen molar-refractivity contribution in [1.82, 2.24) is 9.55 Å². The molecule has 0 saturated carbocycles. The second-order valence-electron chi connectivity index (χ2n) is 9.16. The Bertz CT molecular complexity index is 1580. The summed E-state index contributed by atoms with van der Waals surface area (Å²) in [5.74, 6) is -1.29. The third-order valence-electron chi connectivity index (χ3n) is 5.99. The topological polar surface area (TPSA) is 90.3 Å². The van der Waals surface area contributed by atoms with E-state index in [4.69, 9.17) is 4.74 Å². The zero-order chi connectivity index (χ0) is 27.0. The molecule has 37 heavy (non-hydrogen) atoms. The standard InChI is InChI=1S/C27H27F2N3O4S/c1-5-37(34,35)20-10-6-17(7-11-20)14-25(33)30-19-9-13-23-22(16-19)31-26(32(23)4)27(2,3)36-24-15-18(28)8-12-21(24)29/h6-13,15-16H,5,14H2,1-4H3,(H,30,33). The number of hydrogen-bond donors (Lipinski definition) is 1. The number of benzene rings is 3. The smallest absolute Gasteiger partial charge is 0.228 e. The molecule has 10 heteroatoms. The normalized spacial score (nSPS) is 12.1. The minimum atomic E-state index is -3.30. The first-order chi connectivity index (χ1) is 17.4. The van der Waals surface area contributed by atoms with E-state index >= 15 is 0 Å². The molecule has 0 spiro atoms. The Morgan fingerprint density at radius 2 is 1.76 bits per heavy atom. The lowest BCUT2D eigenvalue weighted by Gasteiger charge is -2.26. The van der Waals surface area contributed by atoms with Crippen molar-refractivity contribution < 1.29 is 26.7 Å². The predicted molar refractivity (Wildman–Crippen MR) is 137 cm³/mol. The summed E-state index contributed by atoms with van der Waals surface area (Å²) in [6.45, 7) is 4.99. The summed E-state index contributed by atoms with van der Waals surface area (Å²) in [5.41, 5.74) is 1.46. The molecule has 0 bridgehead atoms. The summed E-state index contributed by atoms with van der Waals surface area (Å²) in [5, 5.41) is 2.83. The second-order valence-corrected chi connectivity index (χ2v) is 11.4. The van der Waals surface area contributed by atoms with Gasteiger partial charge in [-0.2, -0.15) is 0 Å². The highest BCUT2D eigenvalue weighted by Crippen LogP contribution is 2.32. The van der Waals surface area contributed by atoms with Gasteiger partial charge in [-0.1, -0.05) is 19.1 Å². The molecule has 4 rings (SSSR count). The van der Waals surface area contributed by atoms with Crippen LogP contribution in [0.5, 0.6) is 5.75 Å². The van der Waals surface area contributed by atoms with Gasteiger partial charge >= 0.3 is 0 Å². The second kappa shape index (κ2) is 9.93. The number of carbonyl (C=O) groups excluding carboxylic acids is 1. The molecule has 0 saturated heterocycles. The molecule has 0 radical (unpaired) electrons. The lowest BCUT2D eigenvalue weighted by Crippen LogP contribution is -2.29. The molecular formula is C27H27F2N3O4S. The van der Waals surface area contributed by atoms with Gasteiger partial charge in [-0.05, 0) is 61.9 Å². The van der Waals surface area contributed by atoms with Crippen molar-refractivity contribution in [1.29, 1.82) is 0 Å². The summed E-state index contributed by atoms with van der Waals surface area (Å²) >= 11 is 0. The largest absolute Gasteiger partial charge is 0.477 e. The first kappa shape index (κ1) is 26.3. The van der Waals surface area contributed by atoms with Crippen molar-refractivity contribution in [2.24, 2.45) is 7.05 Å². The van der Waals surface area contributed by atoms with Gasteiger partial charge in [0.2, 0.25) is 5.91 Å². The summed E-state index contributed by atoms with van der Waals surface area (Å²) in [6.07, 6.45) is 0.0675. The highest BCUT2D eigenvalue weighted by molar-refractivity contribution is 7.91. The van der Waals surface area contributed by atoms with Gasteiger partial charge in [0.05, 0.1) is 28.1 Å². The summed E-state index contributed by atoms with van der Waals surface area (Å²) in [4.78, 5) is 17.5. The van der Waals surface area contributed by atoms with E-state index in [1.807, 2.05) is 0 Å². The van der Waals surface area contributed by atoms with E-state index in [9.17, 15) is 22.0 Å². The highest BCUT2D eigenvalue weighted by Gasteiger charge is 2.30. The lowest BCUT2D eigenvalue weighted by molar-refractivity contribution is -0.115. The van der Waals surface area contributed by atoms with Crippen molar-refractivity contribution in [3.8, 4) is 5.75 Å². The van der Waals surface area contributed by atoms with Crippen LogP contribution in [0, 0.1) is 11.6 Å². The Balaban J connectivity index is 1.51. The summed E-state index contributed by atoms with van der Waals surface area (Å²) < 4.78 is 59.3. The average Bonchev–Trinajstić information content (AvgIpc) is 3.18. The molecule has 0 atom stereocenters. The van der Waals surface area contributed by atoms with E-state index in [1.54, 1.807) is 62.7 Å². The Hall–Kier alpha value is -3.79. The van der Waals surface area contributed by atoms with Gasteiger partial charge in [-0.3, -0.25) is 4.79 Å². The minimum Gasteiger partial charge on any atom is -0.477 e. The first-order valence-electron chi connectivity index (χ1n) is 11.6. The number of rotatable bonds is 8. The number of aryl methyl sites for hydroxylation is 1. The van der Waals surface area contributed by atoms with E-state index in [1.165, 1.54) is 12.1 Å². The third-order valence-corrected chi connectivity index (χ3v) is 7.74. The maximum Gasteiger partial charge on any atom is 0.228 e. The van der Waals surface area contributed by atoms with Crippen LogP contribution in [0.4, 0.5) is 14.5 Å². The van der Waals surface area contributed by atoms with Crippen LogP contribution >= 0.6 is 0 Å². The molecule has 0 aliphatic heterocycles. The van der Waals surface area contributed by atoms with Crippen molar-refractivity contribution in [3.63, 3.8) is 0 Å². The molecule has 194 valence electrons. The van der Waals surface area contributed by atoms with E-state index in [0.717, 1.165) is 23.7 Å². The zero-order valence-corrected chi connectivity index (χ0v) is 21.7. The number of hydrogen-bond acceptors (Lipinski definition) is 5. The number of aromatic nitrogens is 2. The molecule has 1 heterocycles. The van der Waals surface area contributed by atoms with E-state index in [0.29, 0.717) is 22.6 Å². The van der Waals surface area contributed by atoms with Gasteiger partial charge in [0.1, 0.15) is 5.82 Å². The van der Waals surface area contributed by atoms with Gasteiger partial charge < -0.3 is 14.6 Å². The molecule has 0 fully saturated rings. The number of sulfone groups is 1. The molecule has 0 unspecified atom stereocenters. The molecule has 4 aromatic rings. The van der Waals surface area contributed by atoms with Crippen LogP contribution in [0.1, 0.15) is 32.2 Å². The lowest BCUT2D eigenvalue weighted by atomic mass is 10.1. The molecule has 0 aliphatic rings. The Labute approximate surface area is 214 Å². The molecule has 3 aromatic carbocycles. The number of carbonyl (C=O) groups is 1. The van der Waals surface area contributed by atoms with Crippen molar-refractivity contribution in [2.75, 3.05) is 11.1 Å². The third kappa shape index (κ3) is 5.64. The average molecular weight is 528 g/mol. The number of nitrogens with zero attached hydrogens (tertiary/aromatic N) is 2. The van der Waals surface area contributed by atoms with Crippen molar-refractivity contribution in [3.05, 3.63) is 83.7 Å². The minimum absolute atomic E-state index is 0.00947. The Kier molecular flexibility index (Phi) is 7.05. The number of fused-ring (bicyclic) bond motifs is 1. The number of halogens is 2. The van der Waals surface area contributed by atoms with E-state index < -0.39 is 27.1 Å². The molecule has 1 amide bonds.